The Morgan fingerprint density at radius 3 is 2.70 bits per heavy atom. The van der Waals surface area contributed by atoms with Crippen LogP contribution in [0.15, 0.2) is 18.2 Å². The molecular formula is C15H24N2O3. The molecule has 1 aromatic carbocycles. The van der Waals surface area contributed by atoms with E-state index in [-0.39, 0.29) is 18.6 Å². The van der Waals surface area contributed by atoms with Gasteiger partial charge in [0.05, 0.1) is 7.11 Å². The zero-order valence-corrected chi connectivity index (χ0v) is 12.9. The molecule has 1 rings (SSSR count). The minimum Gasteiger partial charge on any atom is -0.497 e. The lowest BCUT2D eigenvalue weighted by atomic mass is 10.1. The van der Waals surface area contributed by atoms with E-state index >= 15 is 0 Å². The predicted molar refractivity (Wildman–Crippen MR) is 79.3 cm³/mol. The van der Waals surface area contributed by atoms with Crippen LogP contribution in [0, 0.1) is 0 Å². The van der Waals surface area contributed by atoms with Crippen LogP contribution in [0.5, 0.6) is 11.5 Å². The molecule has 1 atom stereocenters. The Balaban J connectivity index is 2.87. The summed E-state index contributed by atoms with van der Waals surface area (Å²) in [5.74, 6) is 1.34. The van der Waals surface area contributed by atoms with Crippen molar-refractivity contribution in [2.24, 2.45) is 0 Å². The third-order valence-electron chi connectivity index (χ3n) is 3.37. The van der Waals surface area contributed by atoms with Crippen molar-refractivity contribution in [2.75, 3.05) is 34.4 Å². The molecule has 0 saturated heterocycles. The number of likely N-dealkylation sites (N-methyl/N-ethyl adjacent to an activating group) is 1. The average Bonchev–Trinajstić information content (AvgIpc) is 2.50. The first-order chi connectivity index (χ1) is 9.53. The molecule has 0 heterocycles. The fourth-order valence-electron chi connectivity index (χ4n) is 1.71. The molecule has 1 aromatic rings. The van der Waals surface area contributed by atoms with Gasteiger partial charge in [0, 0.05) is 31.3 Å². The zero-order chi connectivity index (χ0) is 15.1. The Hall–Kier alpha value is -1.75. The van der Waals surface area contributed by atoms with Crippen LogP contribution < -0.4 is 14.8 Å². The van der Waals surface area contributed by atoms with E-state index in [9.17, 15) is 4.79 Å². The molecule has 0 saturated carbocycles. The first-order valence-corrected chi connectivity index (χ1v) is 6.75. The predicted octanol–water partition coefficient (Wildman–Crippen LogP) is 1.83. The Kier molecular flexibility index (Phi) is 6.31. The van der Waals surface area contributed by atoms with Crippen LogP contribution in [0.3, 0.4) is 0 Å². The van der Waals surface area contributed by atoms with E-state index in [0.717, 1.165) is 5.56 Å². The van der Waals surface area contributed by atoms with Crippen molar-refractivity contribution in [2.45, 2.75) is 19.9 Å². The summed E-state index contributed by atoms with van der Waals surface area (Å²) in [6.07, 6.45) is 0. The lowest BCUT2D eigenvalue weighted by Crippen LogP contribution is -2.31. The molecule has 1 N–H and O–H groups in total. The molecule has 0 fully saturated rings. The Morgan fingerprint density at radius 2 is 2.15 bits per heavy atom. The van der Waals surface area contributed by atoms with Crippen LogP contribution in [0.4, 0.5) is 0 Å². The summed E-state index contributed by atoms with van der Waals surface area (Å²) >= 11 is 0. The van der Waals surface area contributed by atoms with Gasteiger partial charge in [-0.2, -0.15) is 0 Å². The molecular weight excluding hydrogens is 256 g/mol. The van der Waals surface area contributed by atoms with Crippen molar-refractivity contribution < 1.29 is 14.3 Å². The second-order valence-electron chi connectivity index (χ2n) is 4.61. The van der Waals surface area contributed by atoms with E-state index in [2.05, 4.69) is 5.32 Å². The van der Waals surface area contributed by atoms with Crippen LogP contribution in [-0.4, -0.2) is 45.2 Å². The molecule has 0 bridgehead atoms. The molecule has 0 radical (unpaired) electrons. The molecule has 5 heteroatoms. The second kappa shape index (κ2) is 7.75. The maximum absolute atomic E-state index is 11.8. The standard InChI is InChI=1S/C15H24N2O3/c1-6-17(4)15(18)10-20-14-9-12(19-5)7-8-13(14)11(2)16-3/h7-9,11,16H,6,10H2,1-5H3. The molecule has 5 nitrogen and oxygen atoms in total. The van der Waals surface area contributed by atoms with Gasteiger partial charge in [-0.15, -0.1) is 0 Å². The zero-order valence-electron chi connectivity index (χ0n) is 12.9. The third kappa shape index (κ3) is 4.13. The fourth-order valence-corrected chi connectivity index (χ4v) is 1.71. The average molecular weight is 280 g/mol. The number of benzene rings is 1. The minimum absolute atomic E-state index is 0.0287. The number of hydrogen-bond donors (Lipinski definition) is 1. The topological polar surface area (TPSA) is 50.8 Å². The first-order valence-electron chi connectivity index (χ1n) is 6.75. The molecule has 0 spiro atoms. The summed E-state index contributed by atoms with van der Waals surface area (Å²) in [6.45, 7) is 4.66. The number of amides is 1. The highest BCUT2D eigenvalue weighted by atomic mass is 16.5. The van der Waals surface area contributed by atoms with Crippen LogP contribution in [-0.2, 0) is 4.79 Å². The highest BCUT2D eigenvalue weighted by molar-refractivity contribution is 5.77. The third-order valence-corrected chi connectivity index (χ3v) is 3.37. The van der Waals surface area contributed by atoms with Gasteiger partial charge in [0.2, 0.25) is 0 Å². The van der Waals surface area contributed by atoms with Crippen molar-refractivity contribution in [1.29, 1.82) is 0 Å². The van der Waals surface area contributed by atoms with Gasteiger partial charge in [-0.3, -0.25) is 4.79 Å². The summed E-state index contributed by atoms with van der Waals surface area (Å²) in [4.78, 5) is 13.4. The lowest BCUT2D eigenvalue weighted by Gasteiger charge is -2.19. The van der Waals surface area contributed by atoms with Gasteiger partial charge in [-0.05, 0) is 27.0 Å². The maximum Gasteiger partial charge on any atom is 0.260 e. The van der Waals surface area contributed by atoms with Crippen LogP contribution >= 0.6 is 0 Å². The molecule has 0 aliphatic carbocycles. The van der Waals surface area contributed by atoms with Gasteiger partial charge >= 0.3 is 0 Å². The molecule has 0 aliphatic rings. The van der Waals surface area contributed by atoms with Gasteiger partial charge in [0.25, 0.3) is 5.91 Å². The molecule has 0 aliphatic heterocycles. The maximum atomic E-state index is 11.8. The summed E-state index contributed by atoms with van der Waals surface area (Å²) in [6, 6.07) is 5.77. The molecule has 1 unspecified atom stereocenters. The SMILES string of the molecule is CCN(C)C(=O)COc1cc(OC)ccc1C(C)NC. The normalized spacial score (nSPS) is 11.8. The molecule has 0 aromatic heterocycles. The quantitative estimate of drug-likeness (QED) is 0.828. The number of carbonyl (C=O) groups is 1. The van der Waals surface area contributed by atoms with Gasteiger partial charge < -0.3 is 19.7 Å². The van der Waals surface area contributed by atoms with Gasteiger partial charge in [0.1, 0.15) is 11.5 Å². The van der Waals surface area contributed by atoms with E-state index in [1.165, 1.54) is 0 Å². The fraction of sp³-hybridized carbons (Fsp3) is 0.533. The van der Waals surface area contributed by atoms with E-state index in [1.54, 1.807) is 19.1 Å². The van der Waals surface area contributed by atoms with E-state index in [1.807, 2.05) is 39.1 Å². The highest BCUT2D eigenvalue weighted by Crippen LogP contribution is 2.29. The van der Waals surface area contributed by atoms with Crippen LogP contribution in [0.25, 0.3) is 0 Å². The van der Waals surface area contributed by atoms with Gasteiger partial charge in [-0.25, -0.2) is 0 Å². The largest absolute Gasteiger partial charge is 0.497 e. The number of nitrogens with one attached hydrogen (secondary N) is 1. The summed E-state index contributed by atoms with van der Waals surface area (Å²) in [7, 11) is 5.25. The smallest absolute Gasteiger partial charge is 0.260 e. The Bertz CT molecular complexity index is 449. The van der Waals surface area contributed by atoms with Crippen molar-refractivity contribution in [3.63, 3.8) is 0 Å². The first kappa shape index (κ1) is 16.3. The summed E-state index contributed by atoms with van der Waals surface area (Å²) in [5, 5.41) is 3.16. The number of methoxy groups -OCH3 is 1. The number of rotatable bonds is 7. The Morgan fingerprint density at radius 1 is 1.45 bits per heavy atom. The second-order valence-corrected chi connectivity index (χ2v) is 4.61. The number of ether oxygens (including phenoxy) is 2. The summed E-state index contributed by atoms with van der Waals surface area (Å²) in [5.41, 5.74) is 1.00. The van der Waals surface area contributed by atoms with Crippen LogP contribution in [0.2, 0.25) is 0 Å². The van der Waals surface area contributed by atoms with Gasteiger partial charge in [0.15, 0.2) is 6.61 Å². The lowest BCUT2D eigenvalue weighted by molar-refractivity contribution is -0.131. The van der Waals surface area contributed by atoms with Crippen LogP contribution in [0.1, 0.15) is 25.5 Å². The number of carbonyl (C=O) groups excluding carboxylic acids is 1. The van der Waals surface area contributed by atoms with E-state index in [0.29, 0.717) is 18.0 Å². The van der Waals surface area contributed by atoms with Crippen molar-refractivity contribution in [3.8, 4) is 11.5 Å². The van der Waals surface area contributed by atoms with Crippen molar-refractivity contribution in [1.82, 2.24) is 10.2 Å². The van der Waals surface area contributed by atoms with Crippen molar-refractivity contribution >= 4 is 5.91 Å². The molecule has 20 heavy (non-hydrogen) atoms. The monoisotopic (exact) mass is 280 g/mol. The summed E-state index contributed by atoms with van der Waals surface area (Å²) < 4.78 is 10.9. The number of hydrogen-bond acceptors (Lipinski definition) is 4. The van der Waals surface area contributed by atoms with E-state index in [4.69, 9.17) is 9.47 Å². The van der Waals surface area contributed by atoms with Crippen molar-refractivity contribution in [3.05, 3.63) is 23.8 Å². The number of nitrogens with zero attached hydrogens (tertiary/aromatic N) is 1. The van der Waals surface area contributed by atoms with E-state index < -0.39 is 0 Å². The van der Waals surface area contributed by atoms with Gasteiger partial charge in [-0.1, -0.05) is 6.07 Å². The highest BCUT2D eigenvalue weighted by Gasteiger charge is 2.14. The molecule has 1 amide bonds. The Labute approximate surface area is 120 Å². The minimum atomic E-state index is -0.0432. The molecule has 112 valence electrons.